The average Bonchev–Trinajstić information content (AvgIpc) is 3.11. The summed E-state index contributed by atoms with van der Waals surface area (Å²) in [7, 11) is 0. The van der Waals surface area contributed by atoms with Crippen LogP contribution in [0.3, 0.4) is 0 Å². The van der Waals surface area contributed by atoms with Gasteiger partial charge >= 0.3 is 0 Å². The maximum Gasteiger partial charge on any atom is 0.160 e. The third-order valence-corrected chi connectivity index (χ3v) is 7.53. The van der Waals surface area contributed by atoms with E-state index in [2.05, 4.69) is 47.6 Å². The summed E-state index contributed by atoms with van der Waals surface area (Å²) >= 11 is 0. The molecule has 4 rings (SSSR count). The summed E-state index contributed by atoms with van der Waals surface area (Å²) in [6, 6.07) is 0. The van der Waals surface area contributed by atoms with E-state index in [4.69, 9.17) is 4.74 Å². The smallest absolute Gasteiger partial charge is 0.160 e. The standard InChI is InChI=1S/C20H34O2/c1-7-8-19(6,13(2)3)17(21)22-18(4,5)20-11-14-9-16(20)10-15(14)12-20/h11,13,15-17,21H,7-10,12H2,1-6H3. The molecule has 0 aromatic carbocycles. The SMILES string of the molecule is CCCC(C)(C(C)C)C(O)OC(C)(C)C12C=C3CC1CC3C2. The molecule has 1 N–H and O–H groups in total. The number of aliphatic hydroxyl groups excluding tert-OH is 1. The van der Waals surface area contributed by atoms with E-state index < -0.39 is 6.29 Å². The van der Waals surface area contributed by atoms with E-state index in [0.717, 1.165) is 24.7 Å². The van der Waals surface area contributed by atoms with Crippen molar-refractivity contribution in [2.45, 2.75) is 85.5 Å². The highest BCUT2D eigenvalue weighted by molar-refractivity contribution is 5.38. The Morgan fingerprint density at radius 3 is 2.41 bits per heavy atom. The van der Waals surface area contributed by atoms with Crippen LogP contribution in [0.1, 0.15) is 73.6 Å². The monoisotopic (exact) mass is 306 g/mol. The van der Waals surface area contributed by atoms with Crippen LogP contribution in [-0.2, 0) is 4.74 Å². The fourth-order valence-corrected chi connectivity index (χ4v) is 5.57. The Kier molecular flexibility index (Phi) is 3.81. The lowest BCUT2D eigenvalue weighted by molar-refractivity contribution is -0.263. The Labute approximate surface area is 136 Å². The molecule has 4 bridgehead atoms. The van der Waals surface area contributed by atoms with E-state index in [0.29, 0.717) is 5.92 Å². The molecule has 0 aliphatic heterocycles. The summed E-state index contributed by atoms with van der Waals surface area (Å²) in [5, 5.41) is 10.9. The molecule has 5 unspecified atom stereocenters. The normalized spacial score (nSPS) is 37.0. The number of hydrogen-bond acceptors (Lipinski definition) is 2. The van der Waals surface area contributed by atoms with Crippen LogP contribution >= 0.6 is 0 Å². The van der Waals surface area contributed by atoms with Crippen LogP contribution in [0.2, 0.25) is 0 Å². The lowest BCUT2D eigenvalue weighted by Crippen LogP contribution is -2.51. The van der Waals surface area contributed by atoms with E-state index in [1.54, 1.807) is 5.57 Å². The van der Waals surface area contributed by atoms with Crippen molar-refractivity contribution < 1.29 is 9.84 Å². The zero-order chi connectivity index (χ0) is 16.3. The van der Waals surface area contributed by atoms with Crippen molar-refractivity contribution in [1.29, 1.82) is 0 Å². The minimum atomic E-state index is -0.688. The zero-order valence-electron chi connectivity index (χ0n) is 15.3. The van der Waals surface area contributed by atoms with Crippen LogP contribution in [-0.4, -0.2) is 17.0 Å². The van der Waals surface area contributed by atoms with Crippen molar-refractivity contribution in [3.63, 3.8) is 0 Å². The highest BCUT2D eigenvalue weighted by atomic mass is 16.6. The van der Waals surface area contributed by atoms with Crippen molar-refractivity contribution >= 4 is 0 Å². The summed E-state index contributed by atoms with van der Waals surface area (Å²) in [6.07, 6.45) is 7.79. The van der Waals surface area contributed by atoms with Crippen molar-refractivity contribution in [1.82, 2.24) is 0 Å². The van der Waals surface area contributed by atoms with Gasteiger partial charge in [0, 0.05) is 10.8 Å². The van der Waals surface area contributed by atoms with Crippen LogP contribution in [0.5, 0.6) is 0 Å². The van der Waals surface area contributed by atoms with Gasteiger partial charge in [-0.05, 0) is 57.3 Å². The summed E-state index contributed by atoms with van der Waals surface area (Å²) in [5.74, 6) is 1.98. The summed E-state index contributed by atoms with van der Waals surface area (Å²) in [5.41, 5.74) is 1.40. The van der Waals surface area contributed by atoms with Gasteiger partial charge in [0.15, 0.2) is 6.29 Å². The summed E-state index contributed by atoms with van der Waals surface area (Å²) in [4.78, 5) is 0. The Hall–Kier alpha value is -0.340. The molecular weight excluding hydrogens is 272 g/mol. The molecule has 126 valence electrons. The Morgan fingerprint density at radius 2 is 2.05 bits per heavy atom. The van der Waals surface area contributed by atoms with Crippen LogP contribution in [0.15, 0.2) is 11.6 Å². The molecule has 2 fully saturated rings. The van der Waals surface area contributed by atoms with Crippen molar-refractivity contribution in [3.8, 4) is 0 Å². The van der Waals surface area contributed by atoms with Gasteiger partial charge in [0.05, 0.1) is 5.60 Å². The molecule has 0 aromatic heterocycles. The first-order valence-corrected chi connectivity index (χ1v) is 9.24. The number of allylic oxidation sites excluding steroid dienone is 1. The molecule has 0 spiro atoms. The molecule has 2 heteroatoms. The zero-order valence-corrected chi connectivity index (χ0v) is 15.3. The number of hydrogen-bond donors (Lipinski definition) is 1. The van der Waals surface area contributed by atoms with Gasteiger partial charge in [0.25, 0.3) is 0 Å². The predicted octanol–water partition coefficient (Wildman–Crippen LogP) is 4.92. The van der Waals surface area contributed by atoms with Crippen LogP contribution in [0, 0.1) is 28.6 Å². The second-order valence-electron chi connectivity index (χ2n) is 9.19. The summed E-state index contributed by atoms with van der Waals surface area (Å²) in [6.45, 7) is 13.2. The first kappa shape index (κ1) is 16.5. The van der Waals surface area contributed by atoms with Gasteiger partial charge in [-0.2, -0.15) is 0 Å². The van der Waals surface area contributed by atoms with Crippen LogP contribution in [0.4, 0.5) is 0 Å². The van der Waals surface area contributed by atoms with Crippen LogP contribution in [0.25, 0.3) is 0 Å². The predicted molar refractivity (Wildman–Crippen MR) is 90.4 cm³/mol. The fourth-order valence-electron chi connectivity index (χ4n) is 5.57. The maximum atomic E-state index is 10.9. The van der Waals surface area contributed by atoms with Crippen LogP contribution < -0.4 is 0 Å². The number of ether oxygens (including phenoxy) is 1. The van der Waals surface area contributed by atoms with Gasteiger partial charge in [-0.1, -0.05) is 45.8 Å². The summed E-state index contributed by atoms with van der Waals surface area (Å²) < 4.78 is 6.43. The molecule has 4 aliphatic carbocycles. The van der Waals surface area contributed by atoms with Gasteiger partial charge in [-0.15, -0.1) is 0 Å². The molecule has 2 saturated carbocycles. The quantitative estimate of drug-likeness (QED) is 0.534. The lowest BCUT2D eigenvalue weighted by atomic mass is 9.68. The van der Waals surface area contributed by atoms with E-state index in [-0.39, 0.29) is 16.4 Å². The Bertz CT molecular complexity index is 478. The topological polar surface area (TPSA) is 29.5 Å². The van der Waals surface area contributed by atoms with E-state index >= 15 is 0 Å². The maximum absolute atomic E-state index is 10.9. The minimum absolute atomic E-state index is 0.171. The average molecular weight is 306 g/mol. The molecule has 0 amide bonds. The molecule has 5 atom stereocenters. The third-order valence-electron chi connectivity index (χ3n) is 7.53. The molecule has 22 heavy (non-hydrogen) atoms. The first-order chi connectivity index (χ1) is 10.2. The number of rotatable bonds is 7. The lowest BCUT2D eigenvalue weighted by Gasteiger charge is -2.48. The van der Waals surface area contributed by atoms with Crippen molar-refractivity contribution in [2.75, 3.05) is 0 Å². The van der Waals surface area contributed by atoms with Gasteiger partial charge in [-0.25, -0.2) is 0 Å². The van der Waals surface area contributed by atoms with Gasteiger partial charge in [-0.3, -0.25) is 0 Å². The third kappa shape index (κ3) is 2.06. The Morgan fingerprint density at radius 1 is 1.36 bits per heavy atom. The molecule has 0 saturated heterocycles. The number of aliphatic hydroxyl groups is 1. The van der Waals surface area contributed by atoms with Crippen molar-refractivity contribution in [3.05, 3.63) is 11.6 Å². The molecule has 4 aliphatic rings. The van der Waals surface area contributed by atoms with E-state index in [1.807, 2.05) is 0 Å². The Balaban J connectivity index is 1.79. The molecule has 2 nitrogen and oxygen atoms in total. The molecule has 0 radical (unpaired) electrons. The highest BCUT2D eigenvalue weighted by Gasteiger charge is 2.64. The van der Waals surface area contributed by atoms with Gasteiger partial charge in [0.1, 0.15) is 0 Å². The second kappa shape index (κ2) is 5.08. The van der Waals surface area contributed by atoms with E-state index in [9.17, 15) is 5.11 Å². The minimum Gasteiger partial charge on any atom is -0.367 e. The van der Waals surface area contributed by atoms with E-state index in [1.165, 1.54) is 19.3 Å². The largest absolute Gasteiger partial charge is 0.367 e. The highest BCUT2D eigenvalue weighted by Crippen LogP contribution is 2.70. The van der Waals surface area contributed by atoms with Gasteiger partial charge in [0.2, 0.25) is 0 Å². The van der Waals surface area contributed by atoms with Gasteiger partial charge < -0.3 is 9.84 Å². The molecule has 0 aromatic rings. The first-order valence-electron chi connectivity index (χ1n) is 9.24. The molecule has 0 heterocycles. The van der Waals surface area contributed by atoms with Crippen molar-refractivity contribution in [2.24, 2.45) is 28.6 Å². The second-order valence-corrected chi connectivity index (χ2v) is 9.19. The fraction of sp³-hybridized carbons (Fsp3) is 0.900. The molecular formula is C20H34O2.